The molecule has 2 nitrogen and oxygen atoms in total. The van der Waals surface area contributed by atoms with Crippen LogP contribution < -0.4 is 4.74 Å². The van der Waals surface area contributed by atoms with Crippen LogP contribution in [-0.4, -0.2) is 18.8 Å². The molecule has 0 radical (unpaired) electrons. The van der Waals surface area contributed by atoms with Crippen molar-refractivity contribution in [3.63, 3.8) is 0 Å². The fraction of sp³-hybridized carbons (Fsp3) is 0.250. The maximum Gasteiger partial charge on any atom is 0.126 e. The van der Waals surface area contributed by atoms with Gasteiger partial charge in [0.05, 0.1) is 13.7 Å². The zero-order chi connectivity index (χ0) is 13.7. The normalized spacial score (nSPS) is 12.2. The Bertz CT molecular complexity index is 540. The van der Waals surface area contributed by atoms with E-state index in [0.717, 1.165) is 11.3 Å². The van der Waals surface area contributed by atoms with E-state index in [9.17, 15) is 9.50 Å². The third-order valence-corrected chi connectivity index (χ3v) is 3.18. The zero-order valence-corrected chi connectivity index (χ0v) is 10.8. The van der Waals surface area contributed by atoms with Crippen LogP contribution in [-0.2, 0) is 6.42 Å². The monoisotopic (exact) mass is 260 g/mol. The van der Waals surface area contributed by atoms with Gasteiger partial charge in [-0.1, -0.05) is 30.3 Å². The van der Waals surface area contributed by atoms with Crippen molar-refractivity contribution in [3.05, 3.63) is 65.5 Å². The summed E-state index contributed by atoms with van der Waals surface area (Å²) < 4.78 is 18.9. The molecule has 2 aromatic carbocycles. The number of aliphatic hydroxyl groups excluding tert-OH is 1. The number of hydrogen-bond acceptors (Lipinski definition) is 2. The lowest BCUT2D eigenvalue weighted by atomic mass is 9.92. The van der Waals surface area contributed by atoms with Gasteiger partial charge in [-0.3, -0.25) is 0 Å². The summed E-state index contributed by atoms with van der Waals surface area (Å²) in [4.78, 5) is 0. The van der Waals surface area contributed by atoms with Gasteiger partial charge in [0.2, 0.25) is 0 Å². The number of methoxy groups -OCH3 is 1. The van der Waals surface area contributed by atoms with Gasteiger partial charge in [0.15, 0.2) is 0 Å². The van der Waals surface area contributed by atoms with Gasteiger partial charge in [0.1, 0.15) is 11.6 Å². The maximum absolute atomic E-state index is 13.7. The summed E-state index contributed by atoms with van der Waals surface area (Å²) in [7, 11) is 1.61. The SMILES string of the molecule is COc1cccc(CC(CO)c2ccccc2F)c1. The van der Waals surface area contributed by atoms with E-state index in [2.05, 4.69) is 0 Å². The number of aliphatic hydroxyl groups is 1. The van der Waals surface area contributed by atoms with E-state index < -0.39 is 0 Å². The molecular formula is C16H17FO2. The molecule has 0 fully saturated rings. The van der Waals surface area contributed by atoms with Gasteiger partial charge in [-0.25, -0.2) is 4.39 Å². The molecule has 3 heteroatoms. The van der Waals surface area contributed by atoms with Crippen molar-refractivity contribution in [3.8, 4) is 5.75 Å². The molecule has 2 rings (SSSR count). The number of halogens is 1. The minimum atomic E-state index is -0.274. The van der Waals surface area contributed by atoms with Gasteiger partial charge in [-0.2, -0.15) is 0 Å². The molecule has 0 saturated carbocycles. The van der Waals surface area contributed by atoms with Gasteiger partial charge < -0.3 is 9.84 Å². The van der Waals surface area contributed by atoms with Crippen LogP contribution in [0.2, 0.25) is 0 Å². The van der Waals surface area contributed by atoms with Crippen LogP contribution in [0.25, 0.3) is 0 Å². The van der Waals surface area contributed by atoms with Crippen LogP contribution in [0, 0.1) is 5.82 Å². The molecule has 0 aromatic heterocycles. The predicted molar refractivity (Wildman–Crippen MR) is 72.9 cm³/mol. The van der Waals surface area contributed by atoms with E-state index in [1.807, 2.05) is 24.3 Å². The Morgan fingerprint density at radius 3 is 2.63 bits per heavy atom. The first-order valence-electron chi connectivity index (χ1n) is 6.23. The van der Waals surface area contributed by atoms with Crippen molar-refractivity contribution in [2.75, 3.05) is 13.7 Å². The van der Waals surface area contributed by atoms with Crippen LogP contribution in [0.15, 0.2) is 48.5 Å². The predicted octanol–water partition coefficient (Wildman–Crippen LogP) is 3.15. The second-order valence-electron chi connectivity index (χ2n) is 4.46. The second kappa shape index (κ2) is 6.34. The standard InChI is InChI=1S/C16H17FO2/c1-19-14-6-4-5-12(10-14)9-13(11-18)15-7-2-3-8-16(15)17/h2-8,10,13,18H,9,11H2,1H3. The minimum absolute atomic E-state index is 0.0852. The molecule has 2 aromatic rings. The highest BCUT2D eigenvalue weighted by atomic mass is 19.1. The molecule has 1 N–H and O–H groups in total. The quantitative estimate of drug-likeness (QED) is 0.894. The average Bonchev–Trinajstić information content (AvgIpc) is 2.46. The van der Waals surface area contributed by atoms with E-state index >= 15 is 0 Å². The van der Waals surface area contributed by atoms with E-state index in [1.54, 1.807) is 25.3 Å². The molecular weight excluding hydrogens is 243 g/mol. The Morgan fingerprint density at radius 1 is 1.16 bits per heavy atom. The van der Waals surface area contributed by atoms with Crippen molar-refractivity contribution >= 4 is 0 Å². The first kappa shape index (κ1) is 13.6. The van der Waals surface area contributed by atoms with Gasteiger partial charge >= 0.3 is 0 Å². The molecule has 0 aliphatic heterocycles. The van der Waals surface area contributed by atoms with E-state index in [4.69, 9.17) is 4.74 Å². The van der Waals surface area contributed by atoms with Crippen LogP contribution >= 0.6 is 0 Å². The Balaban J connectivity index is 2.21. The highest BCUT2D eigenvalue weighted by molar-refractivity contribution is 5.31. The summed E-state index contributed by atoms with van der Waals surface area (Å²) >= 11 is 0. The molecule has 100 valence electrons. The number of rotatable bonds is 5. The minimum Gasteiger partial charge on any atom is -0.497 e. The highest BCUT2D eigenvalue weighted by Gasteiger charge is 2.15. The van der Waals surface area contributed by atoms with Gasteiger partial charge in [0.25, 0.3) is 0 Å². The Hall–Kier alpha value is -1.87. The summed E-state index contributed by atoms with van der Waals surface area (Å²) in [5.74, 6) is 0.250. The van der Waals surface area contributed by atoms with Crippen molar-refractivity contribution < 1.29 is 14.2 Å². The zero-order valence-electron chi connectivity index (χ0n) is 10.8. The first-order valence-corrected chi connectivity index (χ1v) is 6.23. The topological polar surface area (TPSA) is 29.5 Å². The van der Waals surface area contributed by atoms with E-state index in [-0.39, 0.29) is 18.3 Å². The number of ether oxygens (including phenoxy) is 1. The average molecular weight is 260 g/mol. The lowest BCUT2D eigenvalue weighted by Gasteiger charge is -2.16. The Kier molecular flexibility index (Phi) is 4.53. The summed E-state index contributed by atoms with van der Waals surface area (Å²) in [5, 5.41) is 9.49. The van der Waals surface area contributed by atoms with Crippen LogP contribution in [0.3, 0.4) is 0 Å². The van der Waals surface area contributed by atoms with Gasteiger partial charge in [-0.15, -0.1) is 0 Å². The second-order valence-corrected chi connectivity index (χ2v) is 4.46. The molecule has 0 saturated heterocycles. The van der Waals surface area contributed by atoms with Crippen molar-refractivity contribution in [1.29, 1.82) is 0 Å². The summed E-state index contributed by atoms with van der Waals surface area (Å²) in [6, 6.07) is 14.2. The molecule has 0 spiro atoms. The van der Waals surface area contributed by atoms with Gasteiger partial charge in [-0.05, 0) is 35.7 Å². The lowest BCUT2D eigenvalue weighted by Crippen LogP contribution is -2.09. The lowest BCUT2D eigenvalue weighted by molar-refractivity contribution is 0.261. The van der Waals surface area contributed by atoms with E-state index in [0.29, 0.717) is 12.0 Å². The molecule has 0 aliphatic rings. The Labute approximate surface area is 112 Å². The number of hydrogen-bond donors (Lipinski definition) is 1. The molecule has 0 amide bonds. The molecule has 19 heavy (non-hydrogen) atoms. The molecule has 1 unspecified atom stereocenters. The highest BCUT2D eigenvalue weighted by Crippen LogP contribution is 2.24. The van der Waals surface area contributed by atoms with Crippen molar-refractivity contribution in [2.45, 2.75) is 12.3 Å². The van der Waals surface area contributed by atoms with Crippen molar-refractivity contribution in [2.24, 2.45) is 0 Å². The van der Waals surface area contributed by atoms with Crippen LogP contribution in [0.1, 0.15) is 17.0 Å². The molecule has 0 aliphatic carbocycles. The van der Waals surface area contributed by atoms with Crippen molar-refractivity contribution in [1.82, 2.24) is 0 Å². The summed E-state index contributed by atoms with van der Waals surface area (Å²) in [6.07, 6.45) is 0.578. The fourth-order valence-electron chi connectivity index (χ4n) is 2.16. The molecule has 0 bridgehead atoms. The fourth-order valence-corrected chi connectivity index (χ4v) is 2.16. The summed E-state index contributed by atoms with van der Waals surface area (Å²) in [6.45, 7) is -0.0852. The smallest absolute Gasteiger partial charge is 0.126 e. The largest absolute Gasteiger partial charge is 0.497 e. The van der Waals surface area contributed by atoms with Crippen LogP contribution in [0.4, 0.5) is 4.39 Å². The third kappa shape index (κ3) is 3.32. The van der Waals surface area contributed by atoms with E-state index in [1.165, 1.54) is 6.07 Å². The van der Waals surface area contributed by atoms with Crippen LogP contribution in [0.5, 0.6) is 5.75 Å². The number of benzene rings is 2. The third-order valence-electron chi connectivity index (χ3n) is 3.18. The molecule has 1 atom stereocenters. The Morgan fingerprint density at radius 2 is 1.95 bits per heavy atom. The maximum atomic E-state index is 13.7. The summed E-state index contributed by atoms with van der Waals surface area (Å²) in [5.41, 5.74) is 1.56. The van der Waals surface area contributed by atoms with Gasteiger partial charge in [0, 0.05) is 5.92 Å². The molecule has 0 heterocycles. The first-order chi connectivity index (χ1) is 9.24.